The molecular formula is C29H27BrN4O4. The molecule has 0 aliphatic carbocycles. The molecule has 1 N–H and O–H groups in total. The van der Waals surface area contributed by atoms with Crippen molar-refractivity contribution in [1.29, 1.82) is 0 Å². The highest BCUT2D eigenvalue weighted by atomic mass is 79.9. The molecule has 38 heavy (non-hydrogen) atoms. The van der Waals surface area contributed by atoms with Crippen LogP contribution >= 0.6 is 15.9 Å². The molecule has 2 aromatic heterocycles. The summed E-state index contributed by atoms with van der Waals surface area (Å²) in [5, 5.41) is 2.92. The number of esters is 1. The molecule has 1 fully saturated rings. The number of likely N-dealkylation sites (tertiary alicyclic amines) is 1. The molecular weight excluding hydrogens is 548 g/mol. The first-order chi connectivity index (χ1) is 18.3. The van der Waals surface area contributed by atoms with E-state index < -0.39 is 5.97 Å². The fourth-order valence-corrected chi connectivity index (χ4v) is 5.16. The summed E-state index contributed by atoms with van der Waals surface area (Å²) in [4.78, 5) is 43.8. The lowest BCUT2D eigenvalue weighted by molar-refractivity contribution is 0.0599. The van der Waals surface area contributed by atoms with Crippen molar-refractivity contribution in [2.45, 2.75) is 25.7 Å². The molecule has 4 aromatic rings. The number of methoxy groups -OCH3 is 1. The van der Waals surface area contributed by atoms with Gasteiger partial charge in [-0.1, -0.05) is 28.1 Å². The summed E-state index contributed by atoms with van der Waals surface area (Å²) in [5.41, 5.74) is 4.73. The Morgan fingerprint density at radius 3 is 2.45 bits per heavy atom. The van der Waals surface area contributed by atoms with Crippen LogP contribution in [0.2, 0.25) is 0 Å². The van der Waals surface area contributed by atoms with Crippen LogP contribution in [0, 0.1) is 6.92 Å². The third kappa shape index (κ3) is 5.33. The van der Waals surface area contributed by atoms with E-state index >= 15 is 0 Å². The van der Waals surface area contributed by atoms with Gasteiger partial charge >= 0.3 is 5.97 Å². The van der Waals surface area contributed by atoms with Gasteiger partial charge in [0.2, 0.25) is 0 Å². The van der Waals surface area contributed by atoms with E-state index in [9.17, 15) is 14.4 Å². The number of nitrogens with zero attached hydrogens (tertiary/aromatic N) is 3. The van der Waals surface area contributed by atoms with Gasteiger partial charge in [-0.3, -0.25) is 9.59 Å². The number of rotatable bonds is 5. The second-order valence-corrected chi connectivity index (χ2v) is 10.3. The molecule has 8 nitrogen and oxygen atoms in total. The Labute approximate surface area is 228 Å². The maximum absolute atomic E-state index is 13.1. The number of carbonyl (C=O) groups is 3. The minimum Gasteiger partial charge on any atom is -0.465 e. The van der Waals surface area contributed by atoms with E-state index in [1.807, 2.05) is 54.4 Å². The highest BCUT2D eigenvalue weighted by molar-refractivity contribution is 9.10. The number of halogens is 1. The van der Waals surface area contributed by atoms with Crippen LogP contribution in [0.5, 0.6) is 0 Å². The standard InChI is InChI=1S/C29H27BrN4O4/c1-18-15-21(29(37)38-2)5-8-24(18)28(36)33-12-9-20(10-13-33)19-3-6-23(7-4-19)31-27(35)25-17-34-14-11-22(30)16-26(34)32-25/h3-8,11,14-17,20H,9-10,12-13H2,1-2H3,(H,31,35). The van der Waals surface area contributed by atoms with E-state index in [4.69, 9.17) is 4.74 Å². The fraction of sp³-hybridized carbons (Fsp3) is 0.241. The zero-order chi connectivity index (χ0) is 26.8. The Morgan fingerprint density at radius 1 is 1.03 bits per heavy atom. The van der Waals surface area contributed by atoms with Gasteiger partial charge in [-0.15, -0.1) is 0 Å². The molecule has 1 aliphatic rings. The van der Waals surface area contributed by atoms with Crippen molar-refractivity contribution in [1.82, 2.24) is 14.3 Å². The van der Waals surface area contributed by atoms with Gasteiger partial charge in [0.05, 0.1) is 12.7 Å². The van der Waals surface area contributed by atoms with Gasteiger partial charge in [0.1, 0.15) is 11.3 Å². The number of amides is 2. The summed E-state index contributed by atoms with van der Waals surface area (Å²) in [7, 11) is 1.34. The number of hydrogen-bond acceptors (Lipinski definition) is 5. The zero-order valence-corrected chi connectivity index (χ0v) is 22.7. The zero-order valence-electron chi connectivity index (χ0n) is 21.1. The van der Waals surface area contributed by atoms with Crippen LogP contribution in [0.4, 0.5) is 5.69 Å². The topological polar surface area (TPSA) is 93.0 Å². The molecule has 0 atom stereocenters. The second-order valence-electron chi connectivity index (χ2n) is 9.40. The lowest BCUT2D eigenvalue weighted by Gasteiger charge is -2.32. The van der Waals surface area contributed by atoms with E-state index in [1.54, 1.807) is 28.8 Å². The van der Waals surface area contributed by atoms with Crippen molar-refractivity contribution in [3.63, 3.8) is 0 Å². The number of aryl methyl sites for hydroxylation is 1. The van der Waals surface area contributed by atoms with Crippen LogP contribution in [-0.4, -0.2) is 52.3 Å². The second kappa shape index (κ2) is 10.8. The normalized spacial score (nSPS) is 13.9. The summed E-state index contributed by atoms with van der Waals surface area (Å²) < 4.78 is 7.47. The maximum Gasteiger partial charge on any atom is 0.337 e. The van der Waals surface area contributed by atoms with Crippen molar-refractivity contribution < 1.29 is 19.1 Å². The molecule has 5 rings (SSSR count). The molecule has 9 heteroatoms. The summed E-state index contributed by atoms with van der Waals surface area (Å²) in [5.74, 6) is -0.361. The number of imidazole rings is 1. The van der Waals surface area contributed by atoms with Gasteiger partial charge in [-0.25, -0.2) is 9.78 Å². The summed E-state index contributed by atoms with van der Waals surface area (Å²) in [6.45, 7) is 3.15. The molecule has 0 radical (unpaired) electrons. The molecule has 0 saturated carbocycles. The first-order valence-corrected chi connectivity index (χ1v) is 13.2. The van der Waals surface area contributed by atoms with Crippen molar-refractivity contribution in [2.24, 2.45) is 0 Å². The fourth-order valence-electron chi connectivity index (χ4n) is 4.83. The number of hydrogen-bond donors (Lipinski definition) is 1. The van der Waals surface area contributed by atoms with Crippen LogP contribution in [-0.2, 0) is 4.74 Å². The van der Waals surface area contributed by atoms with E-state index in [0.717, 1.165) is 22.9 Å². The van der Waals surface area contributed by atoms with Gasteiger partial charge in [0.15, 0.2) is 0 Å². The average Bonchev–Trinajstić information content (AvgIpc) is 3.36. The molecule has 2 aromatic carbocycles. The number of carbonyl (C=O) groups excluding carboxylic acids is 3. The van der Waals surface area contributed by atoms with Crippen molar-refractivity contribution in [2.75, 3.05) is 25.5 Å². The molecule has 194 valence electrons. The first kappa shape index (κ1) is 25.7. The van der Waals surface area contributed by atoms with Crippen LogP contribution in [0.1, 0.15) is 61.1 Å². The number of piperidine rings is 1. The number of nitrogens with one attached hydrogen (secondary N) is 1. The monoisotopic (exact) mass is 574 g/mol. The third-order valence-corrected chi connectivity index (χ3v) is 7.45. The number of pyridine rings is 1. The highest BCUT2D eigenvalue weighted by Crippen LogP contribution is 2.30. The largest absolute Gasteiger partial charge is 0.465 e. The summed E-state index contributed by atoms with van der Waals surface area (Å²) in [6.07, 6.45) is 5.26. The first-order valence-electron chi connectivity index (χ1n) is 12.4. The molecule has 0 unspecified atom stereocenters. The number of benzene rings is 2. The predicted octanol–water partition coefficient (Wildman–Crippen LogP) is 5.46. The Hall–Kier alpha value is -3.98. The summed E-state index contributed by atoms with van der Waals surface area (Å²) in [6, 6.07) is 16.7. The van der Waals surface area contributed by atoms with E-state index in [-0.39, 0.29) is 11.8 Å². The molecule has 1 aliphatic heterocycles. The number of anilines is 1. The lowest BCUT2D eigenvalue weighted by Crippen LogP contribution is -2.38. The summed E-state index contributed by atoms with van der Waals surface area (Å²) >= 11 is 3.42. The Bertz CT molecular complexity index is 1520. The van der Waals surface area contributed by atoms with E-state index in [0.29, 0.717) is 47.2 Å². The Kier molecular flexibility index (Phi) is 7.28. The minimum absolute atomic E-state index is 0.0188. The third-order valence-electron chi connectivity index (χ3n) is 6.95. The number of fused-ring (bicyclic) bond motifs is 1. The van der Waals surface area contributed by atoms with Crippen molar-refractivity contribution in [3.8, 4) is 0 Å². The van der Waals surface area contributed by atoms with Crippen LogP contribution in [0.25, 0.3) is 5.65 Å². The molecule has 2 amide bonds. The smallest absolute Gasteiger partial charge is 0.337 e. The Morgan fingerprint density at radius 2 is 1.76 bits per heavy atom. The Balaban J connectivity index is 1.18. The van der Waals surface area contributed by atoms with Crippen molar-refractivity contribution >= 4 is 45.0 Å². The molecule has 3 heterocycles. The molecule has 0 bridgehead atoms. The molecule has 0 spiro atoms. The average molecular weight is 575 g/mol. The number of aromatic nitrogens is 2. The van der Waals surface area contributed by atoms with E-state index in [2.05, 4.69) is 26.2 Å². The minimum atomic E-state index is -0.415. The van der Waals surface area contributed by atoms with Crippen LogP contribution in [0.15, 0.2) is 71.5 Å². The van der Waals surface area contributed by atoms with Gasteiger partial charge in [0.25, 0.3) is 11.8 Å². The van der Waals surface area contributed by atoms with Gasteiger partial charge in [0, 0.05) is 41.2 Å². The van der Waals surface area contributed by atoms with Crippen molar-refractivity contribution in [3.05, 3.63) is 99.4 Å². The van der Waals surface area contributed by atoms with Crippen LogP contribution in [0.3, 0.4) is 0 Å². The van der Waals surface area contributed by atoms with Gasteiger partial charge in [-0.2, -0.15) is 0 Å². The molecule has 1 saturated heterocycles. The number of ether oxygens (including phenoxy) is 1. The highest BCUT2D eigenvalue weighted by Gasteiger charge is 2.26. The maximum atomic E-state index is 13.1. The predicted molar refractivity (Wildman–Crippen MR) is 148 cm³/mol. The SMILES string of the molecule is COC(=O)c1ccc(C(=O)N2CCC(c3ccc(NC(=O)c4cn5ccc(Br)cc5n4)cc3)CC2)c(C)c1. The van der Waals surface area contributed by atoms with Gasteiger partial charge < -0.3 is 19.4 Å². The van der Waals surface area contributed by atoms with Crippen LogP contribution < -0.4 is 5.32 Å². The van der Waals surface area contributed by atoms with E-state index in [1.165, 1.54) is 12.7 Å². The van der Waals surface area contributed by atoms with Gasteiger partial charge in [-0.05, 0) is 79.3 Å². The quantitative estimate of drug-likeness (QED) is 0.319. The lowest BCUT2D eigenvalue weighted by atomic mass is 9.89.